The molecule has 0 fully saturated rings. The predicted molar refractivity (Wildman–Crippen MR) is 138 cm³/mol. The highest BCUT2D eigenvalue weighted by atomic mass is 32.2. The highest BCUT2D eigenvalue weighted by Crippen LogP contribution is 2.42. The molecule has 0 aromatic heterocycles. The SMILES string of the molecule is CCNC(=O)C(C)N(Cc1ccc(C)cc1)C(=O)CCCN1c2cccc3cccc(c23)S1(=O)=O. The zero-order chi connectivity index (χ0) is 25.2. The van der Waals surface area contributed by atoms with Crippen LogP contribution < -0.4 is 9.62 Å². The summed E-state index contributed by atoms with van der Waals surface area (Å²) in [7, 11) is -3.66. The van der Waals surface area contributed by atoms with Gasteiger partial charge in [0.15, 0.2) is 0 Å². The maximum Gasteiger partial charge on any atom is 0.265 e. The van der Waals surface area contributed by atoms with Gasteiger partial charge in [0.1, 0.15) is 6.04 Å². The summed E-state index contributed by atoms with van der Waals surface area (Å²) in [4.78, 5) is 27.7. The van der Waals surface area contributed by atoms with Crippen LogP contribution >= 0.6 is 0 Å². The Kier molecular flexibility index (Phi) is 7.12. The summed E-state index contributed by atoms with van der Waals surface area (Å²) in [6.45, 7) is 6.54. The van der Waals surface area contributed by atoms with E-state index in [0.717, 1.165) is 21.9 Å². The molecule has 7 nitrogen and oxygen atoms in total. The maximum atomic E-state index is 13.3. The van der Waals surface area contributed by atoms with Crippen LogP contribution in [0.25, 0.3) is 10.8 Å². The van der Waals surface area contributed by atoms with E-state index in [1.54, 1.807) is 30.0 Å². The van der Waals surface area contributed by atoms with Crippen LogP contribution in [-0.4, -0.2) is 44.3 Å². The van der Waals surface area contributed by atoms with Crippen LogP contribution in [0.1, 0.15) is 37.8 Å². The Balaban J connectivity index is 1.49. The number of sulfonamides is 1. The van der Waals surface area contributed by atoms with E-state index in [2.05, 4.69) is 5.32 Å². The van der Waals surface area contributed by atoms with Crippen molar-refractivity contribution in [2.24, 2.45) is 0 Å². The van der Waals surface area contributed by atoms with Crippen molar-refractivity contribution in [3.8, 4) is 0 Å². The first-order chi connectivity index (χ1) is 16.7. The molecule has 1 heterocycles. The predicted octanol–water partition coefficient (Wildman–Crippen LogP) is 3.99. The molecule has 1 unspecified atom stereocenters. The van der Waals surface area contributed by atoms with Crippen molar-refractivity contribution in [3.05, 3.63) is 71.8 Å². The fourth-order valence-corrected chi connectivity index (χ4v) is 6.26. The highest BCUT2D eigenvalue weighted by molar-refractivity contribution is 7.93. The van der Waals surface area contributed by atoms with Gasteiger partial charge in [-0.3, -0.25) is 13.9 Å². The summed E-state index contributed by atoms with van der Waals surface area (Å²) in [6.07, 6.45) is 0.475. The average molecular weight is 494 g/mol. The van der Waals surface area contributed by atoms with Gasteiger partial charge in [0.05, 0.1) is 10.6 Å². The van der Waals surface area contributed by atoms with Crippen LogP contribution in [0.4, 0.5) is 5.69 Å². The molecule has 1 atom stereocenters. The van der Waals surface area contributed by atoms with Gasteiger partial charge in [-0.2, -0.15) is 0 Å². The van der Waals surface area contributed by atoms with Crippen LogP contribution in [0, 0.1) is 6.92 Å². The van der Waals surface area contributed by atoms with Crippen molar-refractivity contribution in [1.82, 2.24) is 10.2 Å². The average Bonchev–Trinajstić information content (AvgIpc) is 3.06. The lowest BCUT2D eigenvalue weighted by Crippen LogP contribution is -2.47. The van der Waals surface area contributed by atoms with Crippen LogP contribution in [0.5, 0.6) is 0 Å². The molecule has 2 amide bonds. The van der Waals surface area contributed by atoms with Gasteiger partial charge in [0.25, 0.3) is 10.0 Å². The largest absolute Gasteiger partial charge is 0.355 e. The molecule has 0 bridgehead atoms. The van der Waals surface area contributed by atoms with E-state index in [1.165, 1.54) is 4.31 Å². The van der Waals surface area contributed by atoms with Crippen LogP contribution in [0.3, 0.4) is 0 Å². The van der Waals surface area contributed by atoms with Gasteiger partial charge in [-0.15, -0.1) is 0 Å². The summed E-state index contributed by atoms with van der Waals surface area (Å²) in [5.74, 6) is -0.395. The van der Waals surface area contributed by atoms with Gasteiger partial charge >= 0.3 is 0 Å². The number of carbonyl (C=O) groups excluding carboxylic acids is 2. The Labute approximate surface area is 206 Å². The first kappa shape index (κ1) is 24.7. The molecule has 0 spiro atoms. The monoisotopic (exact) mass is 493 g/mol. The molecule has 0 saturated carbocycles. The lowest BCUT2D eigenvalue weighted by molar-refractivity contribution is -0.140. The number of aryl methyl sites for hydroxylation is 1. The number of hydrogen-bond donors (Lipinski definition) is 1. The summed E-state index contributed by atoms with van der Waals surface area (Å²) in [5.41, 5.74) is 2.70. The van der Waals surface area contributed by atoms with Crippen molar-refractivity contribution in [2.75, 3.05) is 17.4 Å². The zero-order valence-corrected chi connectivity index (χ0v) is 21.1. The second-order valence-electron chi connectivity index (χ2n) is 8.89. The third-order valence-corrected chi connectivity index (χ3v) is 8.28. The second-order valence-corrected chi connectivity index (χ2v) is 10.7. The van der Waals surface area contributed by atoms with Gasteiger partial charge in [-0.25, -0.2) is 8.42 Å². The number of anilines is 1. The van der Waals surface area contributed by atoms with Crippen LogP contribution in [0.2, 0.25) is 0 Å². The Hall–Kier alpha value is -3.39. The highest BCUT2D eigenvalue weighted by Gasteiger charge is 2.35. The molecule has 184 valence electrons. The van der Waals surface area contributed by atoms with Gasteiger partial charge in [0, 0.05) is 31.4 Å². The third kappa shape index (κ3) is 4.89. The van der Waals surface area contributed by atoms with Crippen LogP contribution in [0.15, 0.2) is 65.6 Å². The molecule has 0 saturated heterocycles. The van der Waals surface area contributed by atoms with E-state index in [0.29, 0.717) is 30.1 Å². The zero-order valence-electron chi connectivity index (χ0n) is 20.3. The van der Waals surface area contributed by atoms with Gasteiger partial charge in [-0.05, 0) is 50.3 Å². The first-order valence-corrected chi connectivity index (χ1v) is 13.3. The fraction of sp³-hybridized carbons (Fsp3) is 0.333. The van der Waals surface area contributed by atoms with Crippen molar-refractivity contribution >= 4 is 38.3 Å². The van der Waals surface area contributed by atoms with Crippen molar-refractivity contribution in [2.45, 2.75) is 51.1 Å². The molecule has 1 N–H and O–H groups in total. The maximum absolute atomic E-state index is 13.3. The number of likely N-dealkylation sites (N-methyl/N-ethyl adjacent to an activating group) is 1. The Morgan fingerprint density at radius 3 is 2.40 bits per heavy atom. The molecule has 3 aromatic carbocycles. The molecule has 0 radical (unpaired) electrons. The Morgan fingerprint density at radius 2 is 1.71 bits per heavy atom. The second kappa shape index (κ2) is 10.1. The smallest absolute Gasteiger partial charge is 0.265 e. The van der Waals surface area contributed by atoms with Crippen molar-refractivity contribution < 1.29 is 18.0 Å². The van der Waals surface area contributed by atoms with Gasteiger partial charge < -0.3 is 10.2 Å². The van der Waals surface area contributed by atoms with Gasteiger partial charge in [-0.1, -0.05) is 54.1 Å². The molecule has 0 aliphatic carbocycles. The summed E-state index contributed by atoms with van der Waals surface area (Å²) >= 11 is 0. The first-order valence-electron chi connectivity index (χ1n) is 11.9. The summed E-state index contributed by atoms with van der Waals surface area (Å²) < 4.78 is 27.8. The van der Waals surface area contributed by atoms with Gasteiger partial charge in [0.2, 0.25) is 11.8 Å². The number of nitrogens with zero attached hydrogens (tertiary/aromatic N) is 2. The Morgan fingerprint density at radius 1 is 1.03 bits per heavy atom. The summed E-state index contributed by atoms with van der Waals surface area (Å²) in [6, 6.07) is 18.0. The number of carbonyl (C=O) groups is 2. The van der Waals surface area contributed by atoms with Crippen molar-refractivity contribution in [1.29, 1.82) is 0 Å². The Bertz CT molecular complexity index is 1350. The fourth-order valence-electron chi connectivity index (χ4n) is 4.51. The minimum Gasteiger partial charge on any atom is -0.355 e. The number of benzene rings is 3. The normalized spacial score (nSPS) is 14.7. The van der Waals surface area contributed by atoms with E-state index in [1.807, 2.05) is 56.3 Å². The number of hydrogen-bond acceptors (Lipinski definition) is 4. The molecule has 8 heteroatoms. The standard InChI is InChI=1S/C27H31N3O4S/c1-4-28-27(32)20(3)29(18-21-15-13-19(2)14-16-21)25(31)12-7-17-30-23-10-5-8-22-9-6-11-24(26(22)23)35(30,33)34/h5-6,8-11,13-16,20H,4,7,12,17-18H2,1-3H3,(H,28,32). The van der Waals surface area contributed by atoms with E-state index in [4.69, 9.17) is 0 Å². The molecule has 3 aromatic rings. The minimum absolute atomic E-state index is 0.133. The number of nitrogens with one attached hydrogen (secondary N) is 1. The lowest BCUT2D eigenvalue weighted by atomic mass is 10.1. The molecular formula is C27H31N3O4S. The summed E-state index contributed by atoms with van der Waals surface area (Å²) in [5, 5.41) is 4.39. The number of amides is 2. The number of rotatable bonds is 9. The molecule has 35 heavy (non-hydrogen) atoms. The molecule has 1 aliphatic heterocycles. The van der Waals surface area contributed by atoms with E-state index >= 15 is 0 Å². The minimum atomic E-state index is -3.66. The lowest BCUT2D eigenvalue weighted by Gasteiger charge is -2.29. The van der Waals surface area contributed by atoms with Crippen molar-refractivity contribution in [3.63, 3.8) is 0 Å². The van der Waals surface area contributed by atoms with E-state index < -0.39 is 16.1 Å². The van der Waals surface area contributed by atoms with Crippen LogP contribution in [-0.2, 0) is 26.2 Å². The quantitative estimate of drug-likeness (QED) is 0.488. The molecular weight excluding hydrogens is 462 g/mol. The van der Waals surface area contributed by atoms with E-state index in [9.17, 15) is 18.0 Å². The molecule has 1 aliphatic rings. The topological polar surface area (TPSA) is 86.8 Å². The molecule has 4 rings (SSSR count). The third-order valence-electron chi connectivity index (χ3n) is 6.42. The van der Waals surface area contributed by atoms with E-state index in [-0.39, 0.29) is 24.8 Å².